The van der Waals surface area contributed by atoms with E-state index in [-0.39, 0.29) is 12.5 Å². The second-order valence-corrected chi connectivity index (χ2v) is 5.66. The molecular weight excluding hydrogens is 288 g/mol. The zero-order valence-electron chi connectivity index (χ0n) is 14.4. The Morgan fingerprint density at radius 2 is 1.26 bits per heavy atom. The van der Waals surface area contributed by atoms with E-state index >= 15 is 0 Å². The summed E-state index contributed by atoms with van der Waals surface area (Å²) in [7, 11) is 0. The lowest BCUT2D eigenvalue weighted by atomic mass is 10.1. The molecule has 0 aromatic carbocycles. The molecule has 0 aromatic heterocycles. The molecule has 0 saturated carbocycles. The highest BCUT2D eigenvalue weighted by Gasteiger charge is 1.93. The van der Waals surface area contributed by atoms with Gasteiger partial charge < -0.3 is 10.2 Å². The van der Waals surface area contributed by atoms with Crippen LogP contribution in [0.5, 0.6) is 0 Å². The van der Waals surface area contributed by atoms with Gasteiger partial charge in [0.15, 0.2) is 0 Å². The van der Waals surface area contributed by atoms with Gasteiger partial charge in [-0.05, 0) is 58.3 Å². The lowest BCUT2D eigenvalue weighted by molar-refractivity contribution is -0.137. The highest BCUT2D eigenvalue weighted by Crippen LogP contribution is 2.02. The number of hydrogen-bond acceptors (Lipinski definition) is 2. The highest BCUT2D eigenvalue weighted by molar-refractivity contribution is 5.66. The molecule has 0 unspecified atom stereocenters. The van der Waals surface area contributed by atoms with E-state index in [2.05, 4.69) is 42.5 Å². The Bertz CT molecular complexity index is 390. The van der Waals surface area contributed by atoms with E-state index in [1.54, 1.807) is 0 Å². The van der Waals surface area contributed by atoms with Crippen molar-refractivity contribution < 1.29 is 15.0 Å². The number of rotatable bonds is 14. The molecule has 23 heavy (non-hydrogen) atoms. The van der Waals surface area contributed by atoms with Gasteiger partial charge in [0.25, 0.3) is 0 Å². The first-order valence-corrected chi connectivity index (χ1v) is 8.62. The van der Waals surface area contributed by atoms with Gasteiger partial charge in [-0.15, -0.1) is 0 Å². The van der Waals surface area contributed by atoms with E-state index in [9.17, 15) is 4.79 Å². The van der Waals surface area contributed by atoms with Crippen molar-refractivity contribution in [2.75, 3.05) is 0 Å². The fraction of sp³-hybridized carbons (Fsp3) is 0.550. The molecule has 1 atom stereocenters. The summed E-state index contributed by atoms with van der Waals surface area (Å²) in [6.07, 6.45) is 24.5. The van der Waals surface area contributed by atoms with Crippen LogP contribution in [0.4, 0.5) is 0 Å². The van der Waals surface area contributed by atoms with Crippen molar-refractivity contribution in [2.45, 2.75) is 70.8 Å². The quantitative estimate of drug-likeness (QED) is 0.342. The third kappa shape index (κ3) is 20.4. The number of carbonyl (C=O) groups is 1. The molecular formula is C20H32O3. The Labute approximate surface area is 141 Å². The topological polar surface area (TPSA) is 57.5 Å². The van der Waals surface area contributed by atoms with Crippen molar-refractivity contribution in [1.82, 2.24) is 0 Å². The summed E-state index contributed by atoms with van der Waals surface area (Å²) >= 11 is 0. The first-order valence-electron chi connectivity index (χ1n) is 8.62. The Hall–Kier alpha value is -1.61. The maximum absolute atomic E-state index is 10.3. The number of aliphatic hydroxyl groups is 1. The van der Waals surface area contributed by atoms with Crippen molar-refractivity contribution in [2.24, 2.45) is 0 Å². The van der Waals surface area contributed by atoms with E-state index in [0.717, 1.165) is 44.9 Å². The van der Waals surface area contributed by atoms with Crippen LogP contribution in [0.15, 0.2) is 48.6 Å². The summed E-state index contributed by atoms with van der Waals surface area (Å²) in [5.74, 6) is -0.723. The minimum atomic E-state index is -0.723. The molecule has 0 amide bonds. The maximum Gasteiger partial charge on any atom is 0.303 e. The van der Waals surface area contributed by atoms with E-state index in [1.807, 2.05) is 13.0 Å². The molecule has 0 aromatic rings. The van der Waals surface area contributed by atoms with Gasteiger partial charge in [0.2, 0.25) is 0 Å². The number of unbranched alkanes of at least 4 members (excludes halogenated alkanes) is 2. The third-order valence-corrected chi connectivity index (χ3v) is 3.24. The molecule has 0 radical (unpaired) electrons. The average molecular weight is 320 g/mol. The second kappa shape index (κ2) is 16.8. The molecule has 0 heterocycles. The predicted octanol–water partition coefficient (Wildman–Crippen LogP) is 5.19. The van der Waals surface area contributed by atoms with Crippen molar-refractivity contribution in [3.63, 3.8) is 0 Å². The van der Waals surface area contributed by atoms with Crippen molar-refractivity contribution >= 4 is 5.97 Å². The van der Waals surface area contributed by atoms with Crippen LogP contribution in [0.3, 0.4) is 0 Å². The van der Waals surface area contributed by atoms with Crippen molar-refractivity contribution in [3.8, 4) is 0 Å². The smallest absolute Gasteiger partial charge is 0.303 e. The summed E-state index contributed by atoms with van der Waals surface area (Å²) in [5, 5.41) is 17.6. The van der Waals surface area contributed by atoms with Crippen LogP contribution in [-0.2, 0) is 4.79 Å². The molecule has 0 fully saturated rings. The van der Waals surface area contributed by atoms with Crippen molar-refractivity contribution in [1.29, 1.82) is 0 Å². The molecule has 0 saturated heterocycles. The molecule has 0 aliphatic rings. The Morgan fingerprint density at radius 3 is 1.70 bits per heavy atom. The maximum atomic E-state index is 10.3. The van der Waals surface area contributed by atoms with Gasteiger partial charge >= 0.3 is 5.97 Å². The highest BCUT2D eigenvalue weighted by atomic mass is 16.4. The summed E-state index contributed by atoms with van der Waals surface area (Å²) in [6.45, 7) is 1.83. The van der Waals surface area contributed by atoms with Crippen LogP contribution in [0.25, 0.3) is 0 Å². The lowest BCUT2D eigenvalue weighted by Gasteiger charge is -1.99. The monoisotopic (exact) mass is 320 g/mol. The Balaban J connectivity index is 3.43. The fourth-order valence-electron chi connectivity index (χ4n) is 1.95. The number of aliphatic carboxylic acids is 1. The number of hydrogen-bond donors (Lipinski definition) is 2. The first-order chi connectivity index (χ1) is 11.1. The zero-order valence-corrected chi connectivity index (χ0v) is 14.4. The molecule has 0 bridgehead atoms. The van der Waals surface area contributed by atoms with Crippen LogP contribution >= 0.6 is 0 Å². The molecule has 0 spiro atoms. The van der Waals surface area contributed by atoms with Gasteiger partial charge in [0, 0.05) is 6.42 Å². The van der Waals surface area contributed by atoms with Gasteiger partial charge in [-0.3, -0.25) is 4.79 Å². The van der Waals surface area contributed by atoms with Gasteiger partial charge in [0.1, 0.15) is 0 Å². The minimum absolute atomic E-state index is 0.185. The van der Waals surface area contributed by atoms with Gasteiger partial charge in [-0.25, -0.2) is 0 Å². The Kier molecular flexibility index (Phi) is 15.6. The van der Waals surface area contributed by atoms with Crippen LogP contribution in [0.1, 0.15) is 64.7 Å². The summed E-state index contributed by atoms with van der Waals surface area (Å²) in [5.41, 5.74) is 0. The SMILES string of the molecule is C[C@@H](O)CCC/C=C\C/C=C\C/C=C\C/C=C\CCCC(=O)O. The van der Waals surface area contributed by atoms with Gasteiger partial charge in [0.05, 0.1) is 6.10 Å². The van der Waals surface area contributed by atoms with E-state index in [0.29, 0.717) is 6.42 Å². The van der Waals surface area contributed by atoms with Crippen LogP contribution < -0.4 is 0 Å². The van der Waals surface area contributed by atoms with Crippen molar-refractivity contribution in [3.05, 3.63) is 48.6 Å². The summed E-state index contributed by atoms with van der Waals surface area (Å²) in [4.78, 5) is 10.3. The number of carboxylic acids is 1. The number of carboxylic acid groups (broad SMARTS) is 1. The van der Waals surface area contributed by atoms with E-state index in [1.165, 1.54) is 0 Å². The fourth-order valence-corrected chi connectivity index (χ4v) is 1.95. The third-order valence-electron chi connectivity index (χ3n) is 3.24. The van der Waals surface area contributed by atoms with Gasteiger partial charge in [-0.2, -0.15) is 0 Å². The second-order valence-electron chi connectivity index (χ2n) is 5.66. The molecule has 3 nitrogen and oxygen atoms in total. The molecule has 0 aliphatic heterocycles. The van der Waals surface area contributed by atoms with Crippen LogP contribution in [0, 0.1) is 0 Å². The number of aliphatic hydroxyl groups excluding tert-OH is 1. The molecule has 2 N–H and O–H groups in total. The zero-order chi connectivity index (χ0) is 17.2. The minimum Gasteiger partial charge on any atom is -0.481 e. The standard InChI is InChI=1S/C20H32O3/c1-19(21)17-15-13-11-9-7-5-3-2-4-6-8-10-12-14-16-18-20(22)23/h3-6,9-12,19,21H,2,7-8,13-18H2,1H3,(H,22,23)/b5-3-,6-4-,11-9-,12-10-/t19-/m1/s1. The number of allylic oxidation sites excluding steroid dienone is 8. The molecule has 0 rings (SSSR count). The molecule has 3 heteroatoms. The van der Waals surface area contributed by atoms with Crippen LogP contribution in [-0.4, -0.2) is 22.3 Å². The molecule has 130 valence electrons. The Morgan fingerprint density at radius 1 is 0.826 bits per heavy atom. The van der Waals surface area contributed by atoms with E-state index < -0.39 is 5.97 Å². The predicted molar refractivity (Wildman–Crippen MR) is 97.4 cm³/mol. The first kappa shape index (κ1) is 21.4. The largest absolute Gasteiger partial charge is 0.481 e. The summed E-state index contributed by atoms with van der Waals surface area (Å²) in [6, 6.07) is 0. The van der Waals surface area contributed by atoms with Crippen LogP contribution in [0.2, 0.25) is 0 Å². The normalized spacial score (nSPS) is 13.8. The average Bonchev–Trinajstić information content (AvgIpc) is 2.49. The lowest BCUT2D eigenvalue weighted by Crippen LogP contribution is -1.97. The van der Waals surface area contributed by atoms with E-state index in [4.69, 9.17) is 10.2 Å². The van der Waals surface area contributed by atoms with Gasteiger partial charge in [-0.1, -0.05) is 48.6 Å². The summed E-state index contributed by atoms with van der Waals surface area (Å²) < 4.78 is 0. The molecule has 0 aliphatic carbocycles.